The largest absolute Gasteiger partial charge is 0.357 e. The van der Waals surface area contributed by atoms with E-state index in [1.807, 2.05) is 11.4 Å². The zero-order valence-electron chi connectivity index (χ0n) is 16.0. The second kappa shape index (κ2) is 9.18. The molecule has 0 spiro atoms. The molecule has 3 heterocycles. The van der Waals surface area contributed by atoms with Crippen LogP contribution in [0.2, 0.25) is 0 Å². The molecule has 2 unspecified atom stereocenters. The molecule has 3 rings (SSSR count). The lowest BCUT2D eigenvalue weighted by molar-refractivity contribution is -0.139. The molecule has 8 nitrogen and oxygen atoms in total. The van der Waals surface area contributed by atoms with E-state index in [2.05, 4.69) is 10.6 Å². The standard InChI is InChI=1S/C19H26N4O4S/c1-20-18(26)14-6-3-9-23(14)16(24)11-21-17(25)13-5-2-8-22(12-13)19(27)15-7-4-10-28-15/h4,7,10,13-14H,2-3,5-6,8-9,11-12H2,1H3,(H,20,26)(H,21,25). The van der Waals surface area contributed by atoms with Crippen molar-refractivity contribution in [3.05, 3.63) is 22.4 Å². The van der Waals surface area contributed by atoms with Gasteiger partial charge in [-0.3, -0.25) is 19.2 Å². The van der Waals surface area contributed by atoms with E-state index in [-0.39, 0.29) is 36.1 Å². The van der Waals surface area contributed by atoms with E-state index in [4.69, 9.17) is 0 Å². The minimum Gasteiger partial charge on any atom is -0.357 e. The highest BCUT2D eigenvalue weighted by Gasteiger charge is 2.34. The van der Waals surface area contributed by atoms with Crippen LogP contribution in [0.25, 0.3) is 0 Å². The Morgan fingerprint density at radius 2 is 1.93 bits per heavy atom. The molecule has 0 saturated carbocycles. The van der Waals surface area contributed by atoms with Crippen molar-refractivity contribution >= 4 is 35.0 Å². The summed E-state index contributed by atoms with van der Waals surface area (Å²) in [5.74, 6) is -1.01. The summed E-state index contributed by atoms with van der Waals surface area (Å²) in [4.78, 5) is 53.3. The number of hydrogen-bond acceptors (Lipinski definition) is 5. The highest BCUT2D eigenvalue weighted by molar-refractivity contribution is 7.12. The Balaban J connectivity index is 1.51. The highest BCUT2D eigenvalue weighted by Crippen LogP contribution is 2.21. The van der Waals surface area contributed by atoms with Gasteiger partial charge in [-0.25, -0.2) is 0 Å². The molecule has 4 amide bonds. The van der Waals surface area contributed by atoms with Crippen molar-refractivity contribution in [3.8, 4) is 0 Å². The first-order valence-corrected chi connectivity index (χ1v) is 10.5. The second-order valence-corrected chi connectivity index (χ2v) is 8.09. The number of likely N-dealkylation sites (tertiary alicyclic amines) is 2. The third-order valence-corrected chi connectivity index (χ3v) is 6.21. The molecular weight excluding hydrogens is 380 g/mol. The van der Waals surface area contributed by atoms with Crippen LogP contribution in [0.4, 0.5) is 0 Å². The zero-order valence-corrected chi connectivity index (χ0v) is 16.8. The fourth-order valence-electron chi connectivity index (χ4n) is 3.84. The Hall–Kier alpha value is -2.42. The van der Waals surface area contributed by atoms with Gasteiger partial charge in [0, 0.05) is 26.7 Å². The molecule has 2 N–H and O–H groups in total. The monoisotopic (exact) mass is 406 g/mol. The SMILES string of the molecule is CNC(=O)C1CCCN1C(=O)CNC(=O)C1CCCN(C(=O)c2cccs2)C1. The molecule has 1 aromatic heterocycles. The summed E-state index contributed by atoms with van der Waals surface area (Å²) in [5.41, 5.74) is 0. The van der Waals surface area contributed by atoms with Gasteiger partial charge in [0.1, 0.15) is 6.04 Å². The maximum absolute atomic E-state index is 12.5. The van der Waals surface area contributed by atoms with E-state index in [1.165, 1.54) is 16.2 Å². The van der Waals surface area contributed by atoms with E-state index >= 15 is 0 Å². The number of nitrogens with zero attached hydrogens (tertiary/aromatic N) is 2. The van der Waals surface area contributed by atoms with Gasteiger partial charge < -0.3 is 20.4 Å². The Labute approximate surface area is 168 Å². The summed E-state index contributed by atoms with van der Waals surface area (Å²) in [5, 5.41) is 7.14. The molecule has 2 aliphatic heterocycles. The summed E-state index contributed by atoms with van der Waals surface area (Å²) in [6.07, 6.45) is 2.87. The third kappa shape index (κ3) is 4.52. The van der Waals surface area contributed by atoms with E-state index in [9.17, 15) is 19.2 Å². The third-order valence-electron chi connectivity index (χ3n) is 5.35. The molecule has 0 radical (unpaired) electrons. The fourth-order valence-corrected chi connectivity index (χ4v) is 4.54. The summed E-state index contributed by atoms with van der Waals surface area (Å²) in [6, 6.07) is 3.17. The number of nitrogens with one attached hydrogen (secondary N) is 2. The van der Waals surface area contributed by atoms with Crippen LogP contribution in [0.1, 0.15) is 35.4 Å². The topological polar surface area (TPSA) is 98.8 Å². The van der Waals surface area contributed by atoms with Gasteiger partial charge in [-0.05, 0) is 37.1 Å². The first-order valence-electron chi connectivity index (χ1n) is 9.62. The van der Waals surface area contributed by atoms with Crippen LogP contribution in [0.15, 0.2) is 17.5 Å². The Morgan fingerprint density at radius 3 is 2.64 bits per heavy atom. The molecule has 0 aromatic carbocycles. The fraction of sp³-hybridized carbons (Fsp3) is 0.579. The number of rotatable bonds is 5. The minimum absolute atomic E-state index is 0.0472. The molecule has 2 fully saturated rings. The first-order chi connectivity index (χ1) is 13.5. The van der Waals surface area contributed by atoms with Gasteiger partial charge in [0.15, 0.2) is 0 Å². The molecule has 0 aliphatic carbocycles. The lowest BCUT2D eigenvalue weighted by Gasteiger charge is -2.32. The maximum Gasteiger partial charge on any atom is 0.263 e. The summed E-state index contributed by atoms with van der Waals surface area (Å²) in [7, 11) is 1.55. The minimum atomic E-state index is -0.456. The lowest BCUT2D eigenvalue weighted by Crippen LogP contribution is -2.50. The molecule has 1 aromatic rings. The number of amides is 4. The van der Waals surface area contributed by atoms with Crippen molar-refractivity contribution in [1.29, 1.82) is 0 Å². The molecule has 2 aliphatic rings. The van der Waals surface area contributed by atoms with Gasteiger partial charge in [0.25, 0.3) is 5.91 Å². The second-order valence-electron chi connectivity index (χ2n) is 7.14. The van der Waals surface area contributed by atoms with Crippen molar-refractivity contribution in [2.24, 2.45) is 5.92 Å². The first kappa shape index (κ1) is 20.3. The van der Waals surface area contributed by atoms with Gasteiger partial charge in [-0.1, -0.05) is 6.07 Å². The smallest absolute Gasteiger partial charge is 0.263 e. The zero-order chi connectivity index (χ0) is 20.1. The number of carbonyl (C=O) groups excluding carboxylic acids is 4. The highest BCUT2D eigenvalue weighted by atomic mass is 32.1. The normalized spacial score (nSPS) is 22.0. The number of piperidine rings is 1. The van der Waals surface area contributed by atoms with E-state index in [0.29, 0.717) is 37.4 Å². The quantitative estimate of drug-likeness (QED) is 0.742. The summed E-state index contributed by atoms with van der Waals surface area (Å²) in [6.45, 7) is 1.41. The molecule has 9 heteroatoms. The summed E-state index contributed by atoms with van der Waals surface area (Å²) >= 11 is 1.39. The number of likely N-dealkylation sites (N-methyl/N-ethyl adjacent to an activating group) is 1. The van der Waals surface area contributed by atoms with Gasteiger partial charge >= 0.3 is 0 Å². The Morgan fingerprint density at radius 1 is 1.14 bits per heavy atom. The van der Waals surface area contributed by atoms with Crippen LogP contribution in [-0.2, 0) is 14.4 Å². The van der Waals surface area contributed by atoms with Gasteiger partial charge in [-0.15, -0.1) is 11.3 Å². The number of carbonyl (C=O) groups is 4. The predicted molar refractivity (Wildman–Crippen MR) is 105 cm³/mol. The molecule has 0 bridgehead atoms. The Kier molecular flexibility index (Phi) is 6.66. The van der Waals surface area contributed by atoms with Crippen LogP contribution in [-0.4, -0.2) is 72.7 Å². The van der Waals surface area contributed by atoms with Crippen molar-refractivity contribution in [1.82, 2.24) is 20.4 Å². The predicted octanol–water partition coefficient (Wildman–Crippen LogP) is 0.454. The van der Waals surface area contributed by atoms with Crippen molar-refractivity contribution in [2.75, 3.05) is 33.2 Å². The van der Waals surface area contributed by atoms with E-state index < -0.39 is 6.04 Å². The van der Waals surface area contributed by atoms with Crippen molar-refractivity contribution < 1.29 is 19.2 Å². The van der Waals surface area contributed by atoms with Gasteiger partial charge in [-0.2, -0.15) is 0 Å². The molecule has 152 valence electrons. The average Bonchev–Trinajstić information content (AvgIpc) is 3.42. The van der Waals surface area contributed by atoms with Crippen molar-refractivity contribution in [3.63, 3.8) is 0 Å². The average molecular weight is 407 g/mol. The molecular formula is C19H26N4O4S. The van der Waals surface area contributed by atoms with E-state index in [1.54, 1.807) is 18.0 Å². The number of thiophene rings is 1. The molecule has 2 saturated heterocycles. The molecule has 2 atom stereocenters. The van der Waals surface area contributed by atoms with Gasteiger partial charge in [0.2, 0.25) is 17.7 Å². The summed E-state index contributed by atoms with van der Waals surface area (Å²) < 4.78 is 0. The Bertz CT molecular complexity index is 736. The maximum atomic E-state index is 12.5. The lowest BCUT2D eigenvalue weighted by atomic mass is 9.97. The molecule has 28 heavy (non-hydrogen) atoms. The van der Waals surface area contributed by atoms with Crippen LogP contribution >= 0.6 is 11.3 Å². The van der Waals surface area contributed by atoms with Crippen LogP contribution < -0.4 is 10.6 Å². The van der Waals surface area contributed by atoms with Crippen LogP contribution in [0, 0.1) is 5.92 Å². The van der Waals surface area contributed by atoms with Crippen molar-refractivity contribution in [2.45, 2.75) is 31.7 Å². The van der Waals surface area contributed by atoms with E-state index in [0.717, 1.165) is 12.8 Å². The van der Waals surface area contributed by atoms with Gasteiger partial charge in [0.05, 0.1) is 17.3 Å². The number of hydrogen-bond donors (Lipinski definition) is 2. The van der Waals surface area contributed by atoms with Crippen LogP contribution in [0.3, 0.4) is 0 Å². The van der Waals surface area contributed by atoms with Crippen LogP contribution in [0.5, 0.6) is 0 Å².